The predicted octanol–water partition coefficient (Wildman–Crippen LogP) is 2.71. The minimum Gasteiger partial charge on any atom is -0.494 e. The van der Waals surface area contributed by atoms with Crippen LogP contribution in [0.25, 0.3) is 0 Å². The first-order valence-electron chi connectivity index (χ1n) is 9.35. The van der Waals surface area contributed by atoms with Crippen LogP contribution < -0.4 is 15.4 Å². The molecule has 0 spiro atoms. The monoisotopic (exact) mass is 415 g/mol. The Hall–Kier alpha value is -3.06. The van der Waals surface area contributed by atoms with Crippen molar-refractivity contribution in [1.82, 2.24) is 10.2 Å². The maximum atomic E-state index is 12.9. The molecule has 0 bridgehead atoms. The molecule has 1 fully saturated rings. The van der Waals surface area contributed by atoms with Crippen molar-refractivity contribution in [3.05, 3.63) is 59.1 Å². The number of ether oxygens (including phenoxy) is 1. The lowest BCUT2D eigenvalue weighted by Gasteiger charge is -2.34. The van der Waals surface area contributed by atoms with E-state index in [4.69, 9.17) is 16.3 Å². The average molecular weight is 416 g/mol. The second-order valence-corrected chi connectivity index (χ2v) is 6.96. The zero-order chi connectivity index (χ0) is 20.8. The van der Waals surface area contributed by atoms with E-state index in [1.807, 2.05) is 6.92 Å². The maximum absolute atomic E-state index is 12.9. The molecule has 0 aliphatic carbocycles. The molecule has 0 radical (unpaired) electrons. The molecule has 152 valence electrons. The van der Waals surface area contributed by atoms with E-state index >= 15 is 0 Å². The van der Waals surface area contributed by atoms with Crippen LogP contribution in [0.4, 0.5) is 5.69 Å². The lowest BCUT2D eigenvalue weighted by Crippen LogP contribution is -2.58. The summed E-state index contributed by atoms with van der Waals surface area (Å²) in [7, 11) is 0. The van der Waals surface area contributed by atoms with Gasteiger partial charge in [-0.15, -0.1) is 0 Å². The molecule has 2 aromatic rings. The summed E-state index contributed by atoms with van der Waals surface area (Å²) in [5.74, 6) is -0.308. The van der Waals surface area contributed by atoms with Crippen LogP contribution >= 0.6 is 11.6 Å². The van der Waals surface area contributed by atoms with Gasteiger partial charge in [-0.1, -0.05) is 11.6 Å². The van der Waals surface area contributed by atoms with Crippen LogP contribution in [0.15, 0.2) is 48.5 Å². The normalized spacial score (nSPS) is 16.1. The lowest BCUT2D eigenvalue weighted by molar-refractivity contribution is -0.131. The van der Waals surface area contributed by atoms with Gasteiger partial charge >= 0.3 is 0 Å². The van der Waals surface area contributed by atoms with E-state index in [9.17, 15) is 14.4 Å². The summed E-state index contributed by atoms with van der Waals surface area (Å²) in [6, 6.07) is 12.5. The molecule has 3 rings (SSSR count). The Morgan fingerprint density at radius 1 is 1.17 bits per heavy atom. The lowest BCUT2D eigenvalue weighted by atomic mass is 10.1. The Balaban J connectivity index is 1.68. The smallest absolute Gasteiger partial charge is 0.254 e. The van der Waals surface area contributed by atoms with Crippen molar-refractivity contribution in [2.75, 3.05) is 25.0 Å². The SMILES string of the molecule is CCOc1ccc(NC(=O)C[C@H]2C(=O)NCCN2C(=O)c2ccc(Cl)cc2)cc1. The van der Waals surface area contributed by atoms with E-state index in [1.165, 1.54) is 4.90 Å². The Kier molecular flexibility index (Phi) is 6.72. The molecular weight excluding hydrogens is 394 g/mol. The molecule has 0 unspecified atom stereocenters. The summed E-state index contributed by atoms with van der Waals surface area (Å²) in [6.45, 7) is 3.12. The Morgan fingerprint density at radius 2 is 1.86 bits per heavy atom. The van der Waals surface area contributed by atoms with Crippen LogP contribution in [0.3, 0.4) is 0 Å². The van der Waals surface area contributed by atoms with Crippen molar-refractivity contribution in [1.29, 1.82) is 0 Å². The van der Waals surface area contributed by atoms with E-state index in [2.05, 4.69) is 10.6 Å². The third kappa shape index (κ3) is 5.26. The van der Waals surface area contributed by atoms with Gasteiger partial charge in [0.1, 0.15) is 11.8 Å². The van der Waals surface area contributed by atoms with Crippen molar-refractivity contribution in [3.8, 4) is 5.75 Å². The van der Waals surface area contributed by atoms with E-state index in [1.54, 1.807) is 48.5 Å². The first-order valence-corrected chi connectivity index (χ1v) is 9.72. The summed E-state index contributed by atoms with van der Waals surface area (Å²) in [5, 5.41) is 5.99. The van der Waals surface area contributed by atoms with Crippen LogP contribution in [0.5, 0.6) is 5.75 Å². The van der Waals surface area contributed by atoms with Gasteiger partial charge in [0.05, 0.1) is 13.0 Å². The molecule has 1 saturated heterocycles. The van der Waals surface area contributed by atoms with Crippen molar-refractivity contribution in [2.24, 2.45) is 0 Å². The number of carbonyl (C=O) groups excluding carboxylic acids is 3. The van der Waals surface area contributed by atoms with Gasteiger partial charge in [0.2, 0.25) is 11.8 Å². The Morgan fingerprint density at radius 3 is 2.52 bits per heavy atom. The van der Waals surface area contributed by atoms with Gasteiger partial charge in [-0.05, 0) is 55.5 Å². The molecule has 1 heterocycles. The number of rotatable bonds is 6. The third-order valence-corrected chi connectivity index (χ3v) is 4.76. The molecule has 2 N–H and O–H groups in total. The summed E-state index contributed by atoms with van der Waals surface area (Å²) < 4.78 is 5.37. The van der Waals surface area contributed by atoms with Gasteiger partial charge in [0.25, 0.3) is 5.91 Å². The van der Waals surface area contributed by atoms with E-state index in [-0.39, 0.29) is 24.1 Å². The molecule has 2 aromatic carbocycles. The number of anilines is 1. The fraction of sp³-hybridized carbons (Fsp3) is 0.286. The topological polar surface area (TPSA) is 87.7 Å². The molecule has 1 aliphatic heterocycles. The largest absolute Gasteiger partial charge is 0.494 e. The zero-order valence-electron chi connectivity index (χ0n) is 16.0. The fourth-order valence-electron chi connectivity index (χ4n) is 3.11. The van der Waals surface area contributed by atoms with Crippen molar-refractivity contribution < 1.29 is 19.1 Å². The maximum Gasteiger partial charge on any atom is 0.254 e. The standard InChI is InChI=1S/C21H22ClN3O4/c1-2-29-17-9-7-16(8-10-17)24-19(26)13-18-20(27)23-11-12-25(18)21(28)14-3-5-15(22)6-4-14/h3-10,18H,2,11-13H2,1H3,(H,23,27)(H,24,26)/t18-/m0/s1. The number of benzene rings is 2. The second kappa shape index (κ2) is 9.43. The zero-order valence-corrected chi connectivity index (χ0v) is 16.7. The average Bonchev–Trinajstić information content (AvgIpc) is 2.71. The molecule has 0 saturated carbocycles. The molecular formula is C21H22ClN3O4. The van der Waals surface area contributed by atoms with Crippen LogP contribution in [0.1, 0.15) is 23.7 Å². The van der Waals surface area contributed by atoms with Gasteiger partial charge in [0.15, 0.2) is 0 Å². The minimum absolute atomic E-state index is 0.141. The number of amides is 3. The summed E-state index contributed by atoms with van der Waals surface area (Å²) >= 11 is 5.88. The summed E-state index contributed by atoms with van der Waals surface area (Å²) in [5.41, 5.74) is 1.01. The van der Waals surface area contributed by atoms with Crippen molar-refractivity contribution >= 4 is 35.0 Å². The van der Waals surface area contributed by atoms with E-state index in [0.717, 1.165) is 0 Å². The quantitative estimate of drug-likeness (QED) is 0.759. The molecule has 3 amide bonds. The van der Waals surface area contributed by atoms with Gasteiger partial charge < -0.3 is 20.3 Å². The van der Waals surface area contributed by atoms with Crippen LogP contribution in [-0.2, 0) is 9.59 Å². The first-order chi connectivity index (χ1) is 14.0. The van der Waals surface area contributed by atoms with E-state index < -0.39 is 6.04 Å². The predicted molar refractivity (Wildman–Crippen MR) is 110 cm³/mol. The second-order valence-electron chi connectivity index (χ2n) is 6.52. The van der Waals surface area contributed by atoms with Gasteiger partial charge in [-0.3, -0.25) is 14.4 Å². The number of piperazine rings is 1. The molecule has 8 heteroatoms. The number of nitrogens with one attached hydrogen (secondary N) is 2. The number of hydrogen-bond donors (Lipinski definition) is 2. The van der Waals surface area contributed by atoms with Gasteiger partial charge in [-0.2, -0.15) is 0 Å². The molecule has 0 aromatic heterocycles. The van der Waals surface area contributed by atoms with Gasteiger partial charge in [-0.25, -0.2) is 0 Å². The number of hydrogen-bond acceptors (Lipinski definition) is 4. The number of halogens is 1. The highest BCUT2D eigenvalue weighted by Crippen LogP contribution is 2.19. The molecule has 1 atom stereocenters. The Labute approximate surface area is 174 Å². The summed E-state index contributed by atoms with van der Waals surface area (Å²) in [4.78, 5) is 39.2. The molecule has 1 aliphatic rings. The van der Waals surface area contributed by atoms with Crippen molar-refractivity contribution in [2.45, 2.75) is 19.4 Å². The highest BCUT2D eigenvalue weighted by Gasteiger charge is 2.35. The van der Waals surface area contributed by atoms with Crippen molar-refractivity contribution in [3.63, 3.8) is 0 Å². The van der Waals surface area contributed by atoms with E-state index in [0.29, 0.717) is 41.7 Å². The van der Waals surface area contributed by atoms with Crippen LogP contribution in [0, 0.1) is 0 Å². The molecule has 7 nitrogen and oxygen atoms in total. The fourth-order valence-corrected chi connectivity index (χ4v) is 3.23. The molecule has 29 heavy (non-hydrogen) atoms. The Bertz CT molecular complexity index is 884. The number of carbonyl (C=O) groups is 3. The first kappa shape index (κ1) is 20.7. The van der Waals surface area contributed by atoms with Crippen LogP contribution in [0.2, 0.25) is 5.02 Å². The van der Waals surface area contributed by atoms with Crippen LogP contribution in [-0.4, -0.2) is 48.4 Å². The highest BCUT2D eigenvalue weighted by molar-refractivity contribution is 6.30. The highest BCUT2D eigenvalue weighted by atomic mass is 35.5. The number of nitrogens with zero attached hydrogens (tertiary/aromatic N) is 1. The minimum atomic E-state index is -0.880. The third-order valence-electron chi connectivity index (χ3n) is 4.51. The van der Waals surface area contributed by atoms with Gasteiger partial charge in [0, 0.05) is 29.4 Å². The summed E-state index contributed by atoms with van der Waals surface area (Å²) in [6.07, 6.45) is -0.141.